The van der Waals surface area contributed by atoms with Gasteiger partial charge in [0.15, 0.2) is 23.1 Å². The highest BCUT2D eigenvalue weighted by Gasteiger charge is 2.39. The van der Waals surface area contributed by atoms with Gasteiger partial charge in [-0.2, -0.15) is 36.3 Å². The van der Waals surface area contributed by atoms with Crippen LogP contribution in [0.1, 0.15) is 31.7 Å². The third kappa shape index (κ3) is 12.3. The van der Waals surface area contributed by atoms with Gasteiger partial charge in [-0.15, -0.1) is 0 Å². The first kappa shape index (κ1) is 48.3. The van der Waals surface area contributed by atoms with E-state index in [1.807, 2.05) is 59.6 Å². The Labute approximate surface area is 370 Å². The number of alkyl halides is 6. The zero-order valence-electron chi connectivity index (χ0n) is 34.7. The molecule has 0 aliphatic carbocycles. The van der Waals surface area contributed by atoms with Crippen LogP contribution in [0.3, 0.4) is 0 Å². The Bertz CT molecular complexity index is 2500. The highest BCUT2D eigenvalue weighted by molar-refractivity contribution is 6.28. The standard InChI is InChI=1S/C20H21F3N6O2.C11H13N3O.C9H9ClF3N3O.CH4/c1-12-9-29(11-25-12)15-5-4-13(6-16(15)30-3)26-19-24-8-17-18(27-19)28(2)14(10-31-17)7-20(21,22)23;1-8-6-14(7-13-8)10-4-3-9(12)5-11(10)15-2;1-16-5(2-9(11,12)13)4-17-6-3-14-8(10)15-7(6)16;/h4-6,8-9,11,14H,7,10H2,1-3H3,(H,24,26,27);3-7H,12H2,1-2H3;3,5H,2,4H2,1H3;1H4. The molecule has 0 spiro atoms. The molecule has 0 saturated heterocycles. The summed E-state index contributed by atoms with van der Waals surface area (Å²) in [6, 6.07) is 9.35. The van der Waals surface area contributed by atoms with E-state index in [4.69, 9.17) is 36.3 Å². The fraction of sp³-hybridized carbons (Fsp3) is 0.366. The third-order valence-corrected chi connectivity index (χ3v) is 9.80. The Morgan fingerprint density at radius 1 is 0.734 bits per heavy atom. The molecule has 0 radical (unpaired) electrons. The number of hydrogen-bond acceptors (Lipinski definition) is 14. The normalized spacial score (nSPS) is 15.4. The highest BCUT2D eigenvalue weighted by Crippen LogP contribution is 2.37. The maximum Gasteiger partial charge on any atom is 0.391 e. The second-order valence-corrected chi connectivity index (χ2v) is 14.6. The number of imidazole rings is 2. The second kappa shape index (κ2) is 20.2. The number of aryl methyl sites for hydroxylation is 2. The van der Waals surface area contributed by atoms with Gasteiger partial charge in [-0.3, -0.25) is 0 Å². The number of nitrogen functional groups attached to an aromatic ring is 1. The number of hydrogen-bond donors (Lipinski definition) is 2. The minimum absolute atomic E-state index is 0. The third-order valence-electron chi connectivity index (χ3n) is 9.62. The quantitative estimate of drug-likeness (QED) is 0.0846. The number of methoxy groups -OCH3 is 2. The number of nitrogens with two attached hydrogens (primary N) is 1. The van der Waals surface area contributed by atoms with Crippen molar-refractivity contribution in [2.75, 3.05) is 62.4 Å². The first-order valence-electron chi connectivity index (χ1n) is 19.0. The predicted octanol–water partition coefficient (Wildman–Crippen LogP) is 8.56. The minimum Gasteiger partial charge on any atom is -0.494 e. The molecule has 2 atom stereocenters. The molecule has 3 N–H and O–H groups in total. The molecule has 23 heteroatoms. The van der Waals surface area contributed by atoms with E-state index in [1.54, 1.807) is 46.1 Å². The largest absolute Gasteiger partial charge is 0.494 e. The van der Waals surface area contributed by atoms with Gasteiger partial charge in [-0.05, 0) is 49.7 Å². The van der Waals surface area contributed by atoms with E-state index in [2.05, 4.69) is 35.2 Å². The monoisotopic (exact) mass is 920 g/mol. The molecule has 2 unspecified atom stereocenters. The molecule has 16 nitrogen and oxygen atoms in total. The molecule has 6 heterocycles. The van der Waals surface area contributed by atoms with Crippen molar-refractivity contribution in [3.8, 4) is 34.4 Å². The van der Waals surface area contributed by atoms with Crippen molar-refractivity contribution in [1.29, 1.82) is 0 Å². The molecular weight excluding hydrogens is 874 g/mol. The van der Waals surface area contributed by atoms with Crippen LogP contribution in [0.25, 0.3) is 11.4 Å². The molecule has 0 saturated carbocycles. The lowest BCUT2D eigenvalue weighted by Crippen LogP contribution is -2.43. The van der Waals surface area contributed by atoms with Crippen LogP contribution in [0.2, 0.25) is 5.28 Å². The van der Waals surface area contributed by atoms with Crippen LogP contribution in [0, 0.1) is 13.8 Å². The van der Waals surface area contributed by atoms with Crippen LogP contribution in [-0.4, -0.2) is 105 Å². The molecule has 64 heavy (non-hydrogen) atoms. The van der Waals surface area contributed by atoms with Gasteiger partial charge >= 0.3 is 12.4 Å². The van der Waals surface area contributed by atoms with Crippen molar-refractivity contribution in [1.82, 2.24) is 39.0 Å². The van der Waals surface area contributed by atoms with Gasteiger partial charge in [-0.25, -0.2) is 19.9 Å². The Balaban J connectivity index is 0.000000197. The predicted molar refractivity (Wildman–Crippen MR) is 230 cm³/mol. The van der Waals surface area contributed by atoms with Crippen molar-refractivity contribution < 1.29 is 45.3 Å². The average Bonchev–Trinajstić information content (AvgIpc) is 3.87. The number of fused-ring (bicyclic) bond motifs is 2. The van der Waals surface area contributed by atoms with Gasteiger partial charge in [0.1, 0.15) is 24.7 Å². The van der Waals surface area contributed by atoms with Gasteiger partial charge in [0.05, 0.1) is 87.0 Å². The summed E-state index contributed by atoms with van der Waals surface area (Å²) in [5, 5.41) is 3.04. The maximum absolute atomic E-state index is 12.8. The van der Waals surface area contributed by atoms with Gasteiger partial charge in [0.25, 0.3) is 0 Å². The van der Waals surface area contributed by atoms with E-state index in [-0.39, 0.29) is 37.7 Å². The van der Waals surface area contributed by atoms with Crippen molar-refractivity contribution in [3.63, 3.8) is 0 Å². The number of nitrogens with zero attached hydrogens (tertiary/aromatic N) is 10. The molecule has 2 aliphatic heterocycles. The summed E-state index contributed by atoms with van der Waals surface area (Å²) in [6.07, 6.45) is -0.401. The fourth-order valence-corrected chi connectivity index (χ4v) is 6.58. The van der Waals surface area contributed by atoms with Crippen LogP contribution in [0.4, 0.5) is 55.3 Å². The van der Waals surface area contributed by atoms with Gasteiger partial charge in [0.2, 0.25) is 11.2 Å². The minimum atomic E-state index is -4.29. The fourth-order valence-electron chi connectivity index (χ4n) is 6.45. The lowest BCUT2D eigenvalue weighted by molar-refractivity contribution is -0.141. The number of benzene rings is 2. The highest BCUT2D eigenvalue weighted by atomic mass is 35.5. The summed E-state index contributed by atoms with van der Waals surface area (Å²) in [7, 11) is 6.29. The first-order valence-corrected chi connectivity index (χ1v) is 19.3. The number of likely N-dealkylation sites (N-methyl/N-ethyl adjacent to an activating group) is 2. The van der Waals surface area contributed by atoms with Crippen molar-refractivity contribution in [2.45, 2.75) is 58.6 Å². The molecule has 0 amide bonds. The van der Waals surface area contributed by atoms with Gasteiger partial charge in [-0.1, -0.05) is 7.43 Å². The summed E-state index contributed by atoms with van der Waals surface area (Å²) in [5.41, 5.74) is 10.6. The zero-order valence-corrected chi connectivity index (χ0v) is 35.5. The molecule has 2 aromatic carbocycles. The topological polar surface area (TPSA) is 169 Å². The molecule has 8 rings (SSSR count). The average molecular weight is 921 g/mol. The zero-order chi connectivity index (χ0) is 45.6. The number of anilines is 5. The number of halogens is 7. The van der Waals surface area contributed by atoms with E-state index < -0.39 is 37.3 Å². The molecule has 0 bridgehead atoms. The van der Waals surface area contributed by atoms with Crippen molar-refractivity contribution in [3.05, 3.63) is 90.5 Å². The molecular formula is C41H47ClF6N12O4. The smallest absolute Gasteiger partial charge is 0.391 e. The Morgan fingerprint density at radius 2 is 1.22 bits per heavy atom. The summed E-state index contributed by atoms with van der Waals surface area (Å²) >= 11 is 5.60. The lowest BCUT2D eigenvalue weighted by atomic mass is 10.1. The molecule has 6 aromatic rings. The van der Waals surface area contributed by atoms with Crippen molar-refractivity contribution >= 4 is 40.6 Å². The maximum atomic E-state index is 12.8. The molecule has 4 aromatic heterocycles. The first-order chi connectivity index (χ1) is 29.8. The summed E-state index contributed by atoms with van der Waals surface area (Å²) in [6.45, 7) is 3.71. The summed E-state index contributed by atoms with van der Waals surface area (Å²) in [4.78, 5) is 27.4. The van der Waals surface area contributed by atoms with Crippen LogP contribution in [0.5, 0.6) is 23.0 Å². The molecule has 344 valence electrons. The van der Waals surface area contributed by atoms with E-state index in [0.29, 0.717) is 34.4 Å². The molecule has 2 aliphatic rings. The Morgan fingerprint density at radius 3 is 1.70 bits per heavy atom. The van der Waals surface area contributed by atoms with E-state index in [9.17, 15) is 26.3 Å². The van der Waals surface area contributed by atoms with Crippen LogP contribution in [-0.2, 0) is 0 Å². The SMILES string of the molecule is C.CN1c2nc(Cl)ncc2OCC1CC(F)(F)F.COc1cc(N)ccc1-n1cnc(C)c1.COc1cc(Nc2ncc3c(n2)N(C)C(CC(F)(F)F)CO3)ccc1-n1cnc(C)c1. The summed E-state index contributed by atoms with van der Waals surface area (Å²) < 4.78 is 101. The van der Waals surface area contributed by atoms with Crippen molar-refractivity contribution in [2.24, 2.45) is 0 Å². The van der Waals surface area contributed by atoms with E-state index in [1.165, 1.54) is 29.2 Å². The van der Waals surface area contributed by atoms with Gasteiger partial charge in [0, 0.05) is 50.0 Å². The van der Waals surface area contributed by atoms with Gasteiger partial charge < -0.3 is 48.9 Å². The number of ether oxygens (including phenoxy) is 4. The van der Waals surface area contributed by atoms with Crippen LogP contribution in [0.15, 0.2) is 73.8 Å². The number of rotatable bonds is 8. The molecule has 0 fully saturated rings. The van der Waals surface area contributed by atoms with E-state index in [0.717, 1.165) is 28.5 Å². The number of nitrogens with one attached hydrogen (secondary N) is 1. The second-order valence-electron chi connectivity index (χ2n) is 14.3. The van der Waals surface area contributed by atoms with Crippen LogP contribution >= 0.6 is 11.6 Å². The number of aromatic nitrogens is 8. The van der Waals surface area contributed by atoms with E-state index >= 15 is 0 Å². The lowest BCUT2D eigenvalue weighted by Gasteiger charge is -2.35. The van der Waals surface area contributed by atoms with Crippen LogP contribution < -0.4 is 39.8 Å². The Kier molecular flexibility index (Phi) is 15.3. The summed E-state index contributed by atoms with van der Waals surface area (Å²) in [5.74, 6) is 2.85. The Hall–Kier alpha value is -6.71.